The molecule has 2 N–H and O–H groups in total. The summed E-state index contributed by atoms with van der Waals surface area (Å²) in [6.07, 6.45) is 3.55. The topological polar surface area (TPSA) is 53.1 Å². The first-order valence-corrected chi connectivity index (χ1v) is 8.05. The molecule has 0 spiro atoms. The van der Waals surface area contributed by atoms with Crippen LogP contribution in [0, 0.1) is 6.92 Å². The summed E-state index contributed by atoms with van der Waals surface area (Å²) in [6.45, 7) is 8.40. The van der Waals surface area contributed by atoms with Gasteiger partial charge in [-0.15, -0.1) is 0 Å². The van der Waals surface area contributed by atoms with Crippen LogP contribution < -0.4 is 10.6 Å². The second-order valence-electron chi connectivity index (χ2n) is 6.41. The van der Waals surface area contributed by atoms with Gasteiger partial charge in [-0.25, -0.2) is 9.97 Å². The predicted octanol–water partition coefficient (Wildman–Crippen LogP) is 2.85. The Balaban J connectivity index is 2.19. The fraction of sp³-hybridized carbons (Fsp3) is 0.750. The highest BCUT2D eigenvalue weighted by Gasteiger charge is 2.28. The highest BCUT2D eigenvalue weighted by Crippen LogP contribution is 2.39. The Hall–Kier alpha value is -1.36. The van der Waals surface area contributed by atoms with Crippen LogP contribution in [0.4, 0.5) is 11.6 Å². The number of hydrogen-bond donors (Lipinski definition) is 2. The first kappa shape index (κ1) is 16.0. The van der Waals surface area contributed by atoms with Gasteiger partial charge in [-0.1, -0.05) is 6.92 Å². The third-order valence-electron chi connectivity index (χ3n) is 3.67. The summed E-state index contributed by atoms with van der Waals surface area (Å²) >= 11 is 0. The van der Waals surface area contributed by atoms with E-state index in [0.29, 0.717) is 12.0 Å². The molecular weight excluding hydrogens is 262 g/mol. The summed E-state index contributed by atoms with van der Waals surface area (Å²) in [5.74, 6) is 3.55. The molecule has 0 radical (unpaired) electrons. The van der Waals surface area contributed by atoms with Gasteiger partial charge in [0.25, 0.3) is 0 Å². The Bertz CT molecular complexity index is 468. The molecule has 5 nitrogen and oxygen atoms in total. The molecule has 1 aliphatic rings. The maximum Gasteiger partial charge on any atom is 0.136 e. The van der Waals surface area contributed by atoms with Crippen LogP contribution in [0.25, 0.3) is 0 Å². The molecule has 2 rings (SSSR count). The molecule has 1 heterocycles. The second kappa shape index (κ2) is 7.07. The van der Waals surface area contributed by atoms with Crippen molar-refractivity contribution in [2.45, 2.75) is 52.0 Å². The number of anilines is 2. The molecule has 0 saturated heterocycles. The molecule has 0 bridgehead atoms. The summed E-state index contributed by atoms with van der Waals surface area (Å²) in [4.78, 5) is 11.7. The zero-order valence-corrected chi connectivity index (χ0v) is 14.0. The van der Waals surface area contributed by atoms with Crippen LogP contribution in [0.1, 0.15) is 50.4 Å². The third-order valence-corrected chi connectivity index (χ3v) is 3.67. The monoisotopic (exact) mass is 291 g/mol. The summed E-state index contributed by atoms with van der Waals surface area (Å²) in [5.41, 5.74) is 1.12. The van der Waals surface area contributed by atoms with Gasteiger partial charge in [0.15, 0.2) is 0 Å². The molecule has 1 fully saturated rings. The molecule has 1 aromatic heterocycles. The molecule has 118 valence electrons. The lowest BCUT2D eigenvalue weighted by molar-refractivity contribution is 0.391. The van der Waals surface area contributed by atoms with Gasteiger partial charge in [0, 0.05) is 30.6 Å². The minimum absolute atomic E-state index is 0.361. The first-order chi connectivity index (χ1) is 10.0. The minimum atomic E-state index is 0.361. The second-order valence-corrected chi connectivity index (χ2v) is 6.41. The first-order valence-electron chi connectivity index (χ1n) is 8.05. The van der Waals surface area contributed by atoms with Crippen LogP contribution >= 0.6 is 0 Å². The summed E-state index contributed by atoms with van der Waals surface area (Å²) in [5, 5.41) is 6.99. The summed E-state index contributed by atoms with van der Waals surface area (Å²) in [6, 6.07) is 0.361. The Morgan fingerprint density at radius 1 is 1.24 bits per heavy atom. The smallest absolute Gasteiger partial charge is 0.136 e. The molecule has 21 heavy (non-hydrogen) atoms. The van der Waals surface area contributed by atoms with E-state index in [9.17, 15) is 0 Å². The Morgan fingerprint density at radius 2 is 1.90 bits per heavy atom. The van der Waals surface area contributed by atoms with Gasteiger partial charge in [0.05, 0.1) is 0 Å². The van der Waals surface area contributed by atoms with E-state index >= 15 is 0 Å². The van der Waals surface area contributed by atoms with Gasteiger partial charge in [-0.2, -0.15) is 0 Å². The van der Waals surface area contributed by atoms with E-state index in [4.69, 9.17) is 9.97 Å². The summed E-state index contributed by atoms with van der Waals surface area (Å²) < 4.78 is 0. The van der Waals surface area contributed by atoms with E-state index in [0.717, 1.165) is 42.5 Å². The van der Waals surface area contributed by atoms with Crippen LogP contribution in [0.15, 0.2) is 0 Å². The quantitative estimate of drug-likeness (QED) is 0.771. The molecule has 0 aliphatic heterocycles. The zero-order valence-electron chi connectivity index (χ0n) is 14.0. The van der Waals surface area contributed by atoms with Crippen molar-refractivity contribution in [1.29, 1.82) is 0 Å². The fourth-order valence-corrected chi connectivity index (χ4v) is 2.44. The third kappa shape index (κ3) is 4.56. The van der Waals surface area contributed by atoms with Gasteiger partial charge in [0.2, 0.25) is 0 Å². The van der Waals surface area contributed by atoms with E-state index in [1.165, 1.54) is 12.8 Å². The van der Waals surface area contributed by atoms with Crippen LogP contribution in [0.2, 0.25) is 0 Å². The van der Waals surface area contributed by atoms with Crippen molar-refractivity contribution in [3.63, 3.8) is 0 Å². The van der Waals surface area contributed by atoms with Gasteiger partial charge in [-0.05, 0) is 47.2 Å². The minimum Gasteiger partial charge on any atom is -0.370 e. The lowest BCUT2D eigenvalue weighted by atomic mass is 10.2. The van der Waals surface area contributed by atoms with Crippen LogP contribution in [-0.4, -0.2) is 48.1 Å². The van der Waals surface area contributed by atoms with E-state index in [1.807, 2.05) is 0 Å². The summed E-state index contributed by atoms with van der Waals surface area (Å²) in [7, 11) is 4.18. The Labute approximate surface area is 128 Å². The Kier molecular flexibility index (Phi) is 5.39. The molecule has 1 aliphatic carbocycles. The molecule has 5 heteroatoms. The highest BCUT2D eigenvalue weighted by molar-refractivity contribution is 5.58. The van der Waals surface area contributed by atoms with E-state index < -0.39 is 0 Å². The fourth-order valence-electron chi connectivity index (χ4n) is 2.44. The Morgan fingerprint density at radius 3 is 2.48 bits per heavy atom. The standard InChI is InChI=1S/C16H29N5/c1-6-9-17-14-12(3)15(18-11(2)10-21(4)5)20-16(19-14)13-7-8-13/h11,13H,6-10H2,1-5H3,(H2,17,18,19,20). The lowest BCUT2D eigenvalue weighted by Gasteiger charge is -2.21. The van der Waals surface area contributed by atoms with Gasteiger partial charge < -0.3 is 15.5 Å². The van der Waals surface area contributed by atoms with Crippen molar-refractivity contribution >= 4 is 11.6 Å². The zero-order chi connectivity index (χ0) is 15.4. The molecule has 1 atom stereocenters. The predicted molar refractivity (Wildman–Crippen MR) is 89.2 cm³/mol. The van der Waals surface area contributed by atoms with Crippen LogP contribution in [0.3, 0.4) is 0 Å². The number of hydrogen-bond acceptors (Lipinski definition) is 5. The molecule has 1 saturated carbocycles. The van der Waals surface area contributed by atoms with Crippen molar-refractivity contribution < 1.29 is 0 Å². The lowest BCUT2D eigenvalue weighted by Crippen LogP contribution is -2.30. The number of aromatic nitrogens is 2. The highest BCUT2D eigenvalue weighted by atomic mass is 15.1. The molecule has 1 unspecified atom stereocenters. The van der Waals surface area contributed by atoms with Gasteiger partial charge >= 0.3 is 0 Å². The van der Waals surface area contributed by atoms with Crippen molar-refractivity contribution in [3.05, 3.63) is 11.4 Å². The van der Waals surface area contributed by atoms with E-state index in [2.05, 4.69) is 50.4 Å². The van der Waals surface area contributed by atoms with Crippen LogP contribution in [-0.2, 0) is 0 Å². The largest absolute Gasteiger partial charge is 0.370 e. The molecule has 0 amide bonds. The van der Waals surface area contributed by atoms with Crippen molar-refractivity contribution in [1.82, 2.24) is 14.9 Å². The maximum absolute atomic E-state index is 4.77. The van der Waals surface area contributed by atoms with Crippen LogP contribution in [0.5, 0.6) is 0 Å². The molecule has 1 aromatic rings. The number of rotatable bonds is 8. The van der Waals surface area contributed by atoms with Crippen molar-refractivity contribution in [2.24, 2.45) is 0 Å². The number of likely N-dealkylation sites (N-methyl/N-ethyl adjacent to an activating group) is 1. The maximum atomic E-state index is 4.77. The molecule has 0 aromatic carbocycles. The average molecular weight is 291 g/mol. The number of nitrogens with zero attached hydrogens (tertiary/aromatic N) is 3. The average Bonchev–Trinajstić information content (AvgIpc) is 3.23. The van der Waals surface area contributed by atoms with Crippen molar-refractivity contribution in [2.75, 3.05) is 37.8 Å². The number of nitrogens with one attached hydrogen (secondary N) is 2. The van der Waals surface area contributed by atoms with E-state index in [1.54, 1.807) is 0 Å². The van der Waals surface area contributed by atoms with Gasteiger partial charge in [0.1, 0.15) is 17.5 Å². The SMILES string of the molecule is CCCNc1nc(C2CC2)nc(NC(C)CN(C)C)c1C. The van der Waals surface area contributed by atoms with Gasteiger partial charge in [-0.3, -0.25) is 0 Å². The molecular formula is C16H29N5. The van der Waals surface area contributed by atoms with E-state index in [-0.39, 0.29) is 0 Å². The normalized spacial score (nSPS) is 16.1. The van der Waals surface area contributed by atoms with Crippen molar-refractivity contribution in [3.8, 4) is 0 Å².